The van der Waals surface area contributed by atoms with Crippen LogP contribution in [0.15, 0.2) is 48.2 Å². The number of amides is 1. The summed E-state index contributed by atoms with van der Waals surface area (Å²) < 4.78 is 11.0. The molecule has 0 bridgehead atoms. The van der Waals surface area contributed by atoms with Gasteiger partial charge in [-0.1, -0.05) is 17.7 Å². The number of hydrogen-bond acceptors (Lipinski definition) is 4. The Labute approximate surface area is 162 Å². The van der Waals surface area contributed by atoms with Crippen molar-refractivity contribution in [2.45, 2.75) is 13.8 Å². The SMILES string of the molecule is CCOc1ccc(C=C(NC(=O)c2ccc(Cl)cc2)C(=O)O)cc1OCC. The Kier molecular flexibility index (Phi) is 7.25. The summed E-state index contributed by atoms with van der Waals surface area (Å²) in [6.07, 6.45) is 1.36. The van der Waals surface area contributed by atoms with Crippen molar-refractivity contribution in [3.8, 4) is 11.5 Å². The van der Waals surface area contributed by atoms with Gasteiger partial charge in [0.05, 0.1) is 13.2 Å². The fourth-order valence-corrected chi connectivity index (χ4v) is 2.40. The molecule has 0 radical (unpaired) electrons. The summed E-state index contributed by atoms with van der Waals surface area (Å²) in [4.78, 5) is 23.8. The van der Waals surface area contributed by atoms with Crippen LogP contribution in [0.3, 0.4) is 0 Å². The highest BCUT2D eigenvalue weighted by Crippen LogP contribution is 2.29. The molecule has 0 aliphatic rings. The van der Waals surface area contributed by atoms with Gasteiger partial charge in [-0.2, -0.15) is 0 Å². The maximum atomic E-state index is 12.3. The number of rotatable bonds is 8. The van der Waals surface area contributed by atoms with Gasteiger partial charge in [0, 0.05) is 10.6 Å². The van der Waals surface area contributed by atoms with E-state index in [1.165, 1.54) is 18.2 Å². The van der Waals surface area contributed by atoms with E-state index in [4.69, 9.17) is 21.1 Å². The van der Waals surface area contributed by atoms with E-state index in [1.54, 1.807) is 30.3 Å². The number of benzene rings is 2. The highest BCUT2D eigenvalue weighted by atomic mass is 35.5. The summed E-state index contributed by atoms with van der Waals surface area (Å²) in [5.74, 6) is -0.735. The molecule has 0 saturated carbocycles. The Balaban J connectivity index is 2.28. The van der Waals surface area contributed by atoms with Crippen molar-refractivity contribution in [3.05, 3.63) is 64.3 Å². The largest absolute Gasteiger partial charge is 0.490 e. The van der Waals surface area contributed by atoms with Crippen LogP contribution in [-0.2, 0) is 4.79 Å². The van der Waals surface area contributed by atoms with Crippen LogP contribution < -0.4 is 14.8 Å². The van der Waals surface area contributed by atoms with E-state index in [1.807, 2.05) is 13.8 Å². The number of ether oxygens (including phenoxy) is 2. The molecule has 0 saturated heterocycles. The second kappa shape index (κ2) is 9.64. The normalized spacial score (nSPS) is 11.0. The van der Waals surface area contributed by atoms with E-state index in [2.05, 4.69) is 5.32 Å². The van der Waals surface area contributed by atoms with Crippen molar-refractivity contribution in [2.75, 3.05) is 13.2 Å². The summed E-state index contributed by atoms with van der Waals surface area (Å²) in [6, 6.07) is 11.2. The monoisotopic (exact) mass is 389 g/mol. The maximum Gasteiger partial charge on any atom is 0.352 e. The molecular formula is C20H20ClNO5. The van der Waals surface area contributed by atoms with E-state index in [9.17, 15) is 14.7 Å². The smallest absolute Gasteiger partial charge is 0.352 e. The second-order valence-corrected chi connectivity index (χ2v) is 5.83. The summed E-state index contributed by atoms with van der Waals surface area (Å²) in [5, 5.41) is 12.3. The maximum absolute atomic E-state index is 12.3. The first-order valence-corrected chi connectivity index (χ1v) is 8.74. The first kappa shape index (κ1) is 20.3. The molecule has 2 aromatic carbocycles. The minimum atomic E-state index is -1.26. The zero-order chi connectivity index (χ0) is 19.8. The van der Waals surface area contributed by atoms with Gasteiger partial charge in [0.1, 0.15) is 5.70 Å². The molecule has 1 amide bonds. The molecule has 0 atom stereocenters. The molecule has 2 N–H and O–H groups in total. The Morgan fingerprint density at radius 2 is 1.67 bits per heavy atom. The molecule has 0 heterocycles. The van der Waals surface area contributed by atoms with Gasteiger partial charge in [0.15, 0.2) is 11.5 Å². The number of carbonyl (C=O) groups is 2. The van der Waals surface area contributed by atoms with Crippen molar-refractivity contribution < 1.29 is 24.2 Å². The van der Waals surface area contributed by atoms with Crippen molar-refractivity contribution >= 4 is 29.6 Å². The third-order valence-corrected chi connectivity index (χ3v) is 3.72. The molecule has 2 rings (SSSR count). The van der Waals surface area contributed by atoms with Gasteiger partial charge in [-0.05, 0) is 61.9 Å². The van der Waals surface area contributed by atoms with Gasteiger partial charge in [-0.3, -0.25) is 4.79 Å². The molecule has 0 aromatic heterocycles. The lowest BCUT2D eigenvalue weighted by molar-refractivity contribution is -0.132. The number of nitrogens with one attached hydrogen (secondary N) is 1. The molecule has 27 heavy (non-hydrogen) atoms. The highest BCUT2D eigenvalue weighted by Gasteiger charge is 2.14. The zero-order valence-corrected chi connectivity index (χ0v) is 15.7. The van der Waals surface area contributed by atoms with Crippen LogP contribution in [0.2, 0.25) is 5.02 Å². The van der Waals surface area contributed by atoms with Crippen molar-refractivity contribution in [3.63, 3.8) is 0 Å². The number of carboxylic acids is 1. The van der Waals surface area contributed by atoms with Crippen LogP contribution in [0.25, 0.3) is 6.08 Å². The van der Waals surface area contributed by atoms with Gasteiger partial charge in [-0.15, -0.1) is 0 Å². The number of carboxylic acid groups (broad SMARTS) is 1. The van der Waals surface area contributed by atoms with E-state index in [0.717, 1.165) is 0 Å². The van der Waals surface area contributed by atoms with Crippen molar-refractivity contribution in [2.24, 2.45) is 0 Å². The number of carbonyl (C=O) groups excluding carboxylic acids is 1. The summed E-state index contributed by atoms with van der Waals surface area (Å²) in [6.45, 7) is 4.62. The molecule has 6 nitrogen and oxygen atoms in total. The van der Waals surface area contributed by atoms with Gasteiger partial charge in [0.2, 0.25) is 0 Å². The lowest BCUT2D eigenvalue weighted by Gasteiger charge is -2.12. The Hall–Kier alpha value is -2.99. The summed E-state index contributed by atoms with van der Waals surface area (Å²) >= 11 is 5.80. The van der Waals surface area contributed by atoms with Crippen LogP contribution in [0, 0.1) is 0 Å². The minimum absolute atomic E-state index is 0.262. The van der Waals surface area contributed by atoms with Crippen LogP contribution in [-0.4, -0.2) is 30.2 Å². The third kappa shape index (κ3) is 5.76. The van der Waals surface area contributed by atoms with Crippen LogP contribution in [0.1, 0.15) is 29.8 Å². The molecule has 7 heteroatoms. The molecule has 2 aromatic rings. The van der Waals surface area contributed by atoms with Gasteiger partial charge in [-0.25, -0.2) is 4.79 Å². The molecule has 0 aliphatic heterocycles. The lowest BCUT2D eigenvalue weighted by Crippen LogP contribution is -2.27. The van der Waals surface area contributed by atoms with E-state index >= 15 is 0 Å². The summed E-state index contributed by atoms with van der Waals surface area (Å²) in [5.41, 5.74) is 0.588. The van der Waals surface area contributed by atoms with Crippen LogP contribution in [0.4, 0.5) is 0 Å². The lowest BCUT2D eigenvalue weighted by atomic mass is 10.1. The average molecular weight is 390 g/mol. The first-order chi connectivity index (χ1) is 12.9. The van der Waals surface area contributed by atoms with E-state index in [0.29, 0.717) is 40.9 Å². The average Bonchev–Trinajstić information content (AvgIpc) is 2.64. The minimum Gasteiger partial charge on any atom is -0.490 e. The fraction of sp³-hybridized carbons (Fsp3) is 0.200. The number of aliphatic carboxylic acids is 1. The number of hydrogen-bond donors (Lipinski definition) is 2. The first-order valence-electron chi connectivity index (χ1n) is 8.36. The second-order valence-electron chi connectivity index (χ2n) is 5.40. The Bertz CT molecular complexity index is 846. The van der Waals surface area contributed by atoms with Gasteiger partial charge >= 0.3 is 5.97 Å². The van der Waals surface area contributed by atoms with Crippen LogP contribution in [0.5, 0.6) is 11.5 Å². The predicted molar refractivity (Wildman–Crippen MR) is 103 cm³/mol. The van der Waals surface area contributed by atoms with Gasteiger partial charge in [0.25, 0.3) is 5.91 Å². The molecule has 0 fully saturated rings. The molecule has 0 spiro atoms. The van der Waals surface area contributed by atoms with Gasteiger partial charge < -0.3 is 19.9 Å². The molecular weight excluding hydrogens is 370 g/mol. The Morgan fingerprint density at radius 3 is 2.26 bits per heavy atom. The zero-order valence-electron chi connectivity index (χ0n) is 15.0. The fourth-order valence-electron chi connectivity index (χ4n) is 2.27. The molecule has 142 valence electrons. The summed E-state index contributed by atoms with van der Waals surface area (Å²) in [7, 11) is 0. The molecule has 0 aliphatic carbocycles. The van der Waals surface area contributed by atoms with E-state index < -0.39 is 11.9 Å². The van der Waals surface area contributed by atoms with Crippen molar-refractivity contribution in [1.29, 1.82) is 0 Å². The van der Waals surface area contributed by atoms with E-state index in [-0.39, 0.29) is 5.70 Å². The standard InChI is InChI=1S/C20H20ClNO5/c1-3-26-17-10-5-13(12-18(17)27-4-2)11-16(20(24)25)22-19(23)14-6-8-15(21)9-7-14/h5-12H,3-4H2,1-2H3,(H,22,23)(H,24,25). The molecule has 0 unspecified atom stereocenters. The third-order valence-electron chi connectivity index (χ3n) is 3.46. The highest BCUT2D eigenvalue weighted by molar-refractivity contribution is 6.30. The van der Waals surface area contributed by atoms with Crippen molar-refractivity contribution in [1.82, 2.24) is 5.32 Å². The topological polar surface area (TPSA) is 84.9 Å². The predicted octanol–water partition coefficient (Wildman–Crippen LogP) is 3.99. The Morgan fingerprint density at radius 1 is 1.04 bits per heavy atom. The van der Waals surface area contributed by atoms with Crippen LogP contribution >= 0.6 is 11.6 Å². The quantitative estimate of drug-likeness (QED) is 0.667. The number of halogens is 1.